The molecule has 1 aliphatic carbocycles. The molecule has 17 heavy (non-hydrogen) atoms. The monoisotopic (exact) mass is 247 g/mol. The van der Waals surface area contributed by atoms with Crippen molar-refractivity contribution in [2.45, 2.75) is 32.6 Å². The van der Waals surface area contributed by atoms with Crippen LogP contribution in [0, 0.1) is 6.92 Å². The van der Waals surface area contributed by atoms with Crippen LogP contribution in [0.1, 0.15) is 29.8 Å². The number of thiazole rings is 1. The van der Waals surface area contributed by atoms with Crippen molar-refractivity contribution in [3.8, 4) is 10.8 Å². The molecule has 1 aliphatic rings. The minimum atomic E-state index is 0.0116. The molecule has 0 saturated carbocycles. The Hall–Kier alpha value is -1.49. The second-order valence-electron chi connectivity index (χ2n) is 4.34. The van der Waals surface area contributed by atoms with Crippen molar-refractivity contribution in [1.82, 2.24) is 15.0 Å². The van der Waals surface area contributed by atoms with E-state index in [0.717, 1.165) is 47.6 Å². The molecular weight excluding hydrogens is 234 g/mol. The van der Waals surface area contributed by atoms with E-state index in [4.69, 9.17) is 0 Å². The first-order valence-electron chi connectivity index (χ1n) is 5.78. The Labute approximate surface area is 103 Å². The predicted molar refractivity (Wildman–Crippen MR) is 67.3 cm³/mol. The van der Waals surface area contributed by atoms with Gasteiger partial charge in [-0.2, -0.15) is 0 Å². The lowest BCUT2D eigenvalue weighted by Crippen LogP contribution is -2.21. The van der Waals surface area contributed by atoms with Crippen LogP contribution < -0.4 is 5.56 Å². The van der Waals surface area contributed by atoms with Gasteiger partial charge in [-0.3, -0.25) is 4.79 Å². The van der Waals surface area contributed by atoms with Gasteiger partial charge in [-0.1, -0.05) is 0 Å². The lowest BCUT2D eigenvalue weighted by Gasteiger charge is -2.13. The van der Waals surface area contributed by atoms with Crippen molar-refractivity contribution in [1.29, 1.82) is 0 Å². The van der Waals surface area contributed by atoms with Crippen LogP contribution in [0.15, 0.2) is 10.2 Å². The van der Waals surface area contributed by atoms with Gasteiger partial charge in [0.2, 0.25) is 0 Å². The number of aromatic amines is 1. The average molecular weight is 247 g/mol. The number of nitrogens with one attached hydrogen (secondary N) is 1. The number of aromatic nitrogens is 3. The largest absolute Gasteiger partial charge is 0.304 e. The SMILES string of the molecule is Cc1csc(-c2nc3c(c(=O)[nH]2)CCCC3)n1. The van der Waals surface area contributed by atoms with Crippen molar-refractivity contribution in [2.75, 3.05) is 0 Å². The lowest BCUT2D eigenvalue weighted by atomic mass is 9.97. The van der Waals surface area contributed by atoms with Crippen molar-refractivity contribution >= 4 is 11.3 Å². The summed E-state index contributed by atoms with van der Waals surface area (Å²) in [7, 11) is 0. The summed E-state index contributed by atoms with van der Waals surface area (Å²) in [5.41, 5.74) is 2.80. The summed E-state index contributed by atoms with van der Waals surface area (Å²) >= 11 is 1.52. The first kappa shape index (κ1) is 10.7. The molecule has 2 aromatic heterocycles. The van der Waals surface area contributed by atoms with Gasteiger partial charge in [0.05, 0.1) is 5.69 Å². The summed E-state index contributed by atoms with van der Waals surface area (Å²) in [4.78, 5) is 23.7. The van der Waals surface area contributed by atoms with Gasteiger partial charge in [0.1, 0.15) is 0 Å². The molecule has 0 bridgehead atoms. The molecule has 3 rings (SSSR count). The van der Waals surface area contributed by atoms with Crippen molar-refractivity contribution in [2.24, 2.45) is 0 Å². The fraction of sp³-hybridized carbons (Fsp3) is 0.417. The molecule has 1 N–H and O–H groups in total. The smallest absolute Gasteiger partial charge is 0.254 e. The number of hydrogen-bond acceptors (Lipinski definition) is 4. The number of rotatable bonds is 1. The van der Waals surface area contributed by atoms with E-state index < -0.39 is 0 Å². The van der Waals surface area contributed by atoms with Crippen LogP contribution in [-0.2, 0) is 12.8 Å². The Morgan fingerprint density at radius 1 is 1.29 bits per heavy atom. The molecule has 0 amide bonds. The van der Waals surface area contributed by atoms with E-state index in [1.807, 2.05) is 12.3 Å². The molecule has 0 spiro atoms. The van der Waals surface area contributed by atoms with Crippen LogP contribution in [0.2, 0.25) is 0 Å². The number of nitrogens with zero attached hydrogens (tertiary/aromatic N) is 2. The zero-order valence-electron chi connectivity index (χ0n) is 9.62. The molecule has 0 saturated heterocycles. The first-order valence-corrected chi connectivity index (χ1v) is 6.66. The Morgan fingerprint density at radius 2 is 2.12 bits per heavy atom. The number of fused-ring (bicyclic) bond motifs is 1. The van der Waals surface area contributed by atoms with Gasteiger partial charge >= 0.3 is 0 Å². The third kappa shape index (κ3) is 1.91. The zero-order valence-corrected chi connectivity index (χ0v) is 10.4. The highest BCUT2D eigenvalue weighted by Crippen LogP contribution is 2.22. The second kappa shape index (κ2) is 4.07. The summed E-state index contributed by atoms with van der Waals surface area (Å²) in [6, 6.07) is 0. The topological polar surface area (TPSA) is 58.6 Å². The molecule has 0 atom stereocenters. The Morgan fingerprint density at radius 3 is 2.88 bits per heavy atom. The number of aryl methyl sites for hydroxylation is 2. The summed E-state index contributed by atoms with van der Waals surface area (Å²) in [5.74, 6) is 0.619. The van der Waals surface area contributed by atoms with Gasteiger partial charge in [0, 0.05) is 16.6 Å². The third-order valence-electron chi connectivity index (χ3n) is 3.01. The Bertz CT molecular complexity index is 614. The highest BCUT2D eigenvalue weighted by atomic mass is 32.1. The maximum Gasteiger partial charge on any atom is 0.254 e. The fourth-order valence-corrected chi connectivity index (χ4v) is 2.91. The second-order valence-corrected chi connectivity index (χ2v) is 5.20. The molecule has 2 aromatic rings. The number of H-pyrrole nitrogens is 1. The maximum atomic E-state index is 11.9. The summed E-state index contributed by atoms with van der Waals surface area (Å²) in [5, 5.41) is 2.77. The van der Waals surface area contributed by atoms with E-state index in [1.54, 1.807) is 0 Å². The van der Waals surface area contributed by atoms with Crippen molar-refractivity contribution in [3.63, 3.8) is 0 Å². The van der Waals surface area contributed by atoms with Gasteiger partial charge in [-0.15, -0.1) is 11.3 Å². The van der Waals surface area contributed by atoms with Crippen molar-refractivity contribution in [3.05, 3.63) is 32.7 Å². The Balaban J connectivity index is 2.13. The van der Waals surface area contributed by atoms with Gasteiger partial charge in [-0.25, -0.2) is 9.97 Å². The summed E-state index contributed by atoms with van der Waals surface area (Å²) < 4.78 is 0. The quantitative estimate of drug-likeness (QED) is 0.839. The predicted octanol–water partition coefficient (Wildman–Crippen LogP) is 2.08. The first-order chi connectivity index (χ1) is 8.24. The molecule has 0 aliphatic heterocycles. The maximum absolute atomic E-state index is 11.9. The normalized spacial score (nSPS) is 14.6. The standard InChI is InChI=1S/C12H13N3OS/c1-7-6-17-12(13-7)10-14-9-5-3-2-4-8(9)11(16)15-10/h6H,2-5H2,1H3,(H,14,15,16). The molecule has 2 heterocycles. The van der Waals surface area contributed by atoms with E-state index in [-0.39, 0.29) is 5.56 Å². The lowest BCUT2D eigenvalue weighted by molar-refractivity contribution is 0.657. The third-order valence-corrected chi connectivity index (χ3v) is 3.98. The molecule has 5 heteroatoms. The van der Waals surface area contributed by atoms with E-state index in [1.165, 1.54) is 11.3 Å². The van der Waals surface area contributed by atoms with Gasteiger partial charge in [0.25, 0.3) is 5.56 Å². The van der Waals surface area contributed by atoms with Crippen LogP contribution in [0.4, 0.5) is 0 Å². The summed E-state index contributed by atoms with van der Waals surface area (Å²) in [6.45, 7) is 1.94. The van der Waals surface area contributed by atoms with E-state index in [0.29, 0.717) is 5.82 Å². The zero-order chi connectivity index (χ0) is 11.8. The van der Waals surface area contributed by atoms with Crippen LogP contribution in [0.25, 0.3) is 10.8 Å². The highest BCUT2D eigenvalue weighted by molar-refractivity contribution is 7.13. The minimum Gasteiger partial charge on any atom is -0.304 e. The van der Waals surface area contributed by atoms with Crippen LogP contribution in [-0.4, -0.2) is 15.0 Å². The van der Waals surface area contributed by atoms with Gasteiger partial charge in [-0.05, 0) is 32.6 Å². The average Bonchev–Trinajstić information content (AvgIpc) is 2.76. The van der Waals surface area contributed by atoms with Crippen molar-refractivity contribution < 1.29 is 0 Å². The van der Waals surface area contributed by atoms with E-state index >= 15 is 0 Å². The van der Waals surface area contributed by atoms with E-state index in [9.17, 15) is 4.79 Å². The minimum absolute atomic E-state index is 0.0116. The summed E-state index contributed by atoms with van der Waals surface area (Å²) in [6.07, 6.45) is 3.98. The van der Waals surface area contributed by atoms with Crippen LogP contribution >= 0.6 is 11.3 Å². The van der Waals surface area contributed by atoms with Gasteiger partial charge in [0.15, 0.2) is 10.8 Å². The molecule has 4 nitrogen and oxygen atoms in total. The number of hydrogen-bond donors (Lipinski definition) is 1. The molecular formula is C12H13N3OS. The van der Waals surface area contributed by atoms with E-state index in [2.05, 4.69) is 15.0 Å². The van der Waals surface area contributed by atoms with Crippen LogP contribution in [0.3, 0.4) is 0 Å². The molecule has 88 valence electrons. The van der Waals surface area contributed by atoms with Gasteiger partial charge < -0.3 is 4.98 Å². The molecule has 0 unspecified atom stereocenters. The fourth-order valence-electron chi connectivity index (χ4n) is 2.17. The van der Waals surface area contributed by atoms with Crippen LogP contribution in [0.5, 0.6) is 0 Å². The molecule has 0 aromatic carbocycles. The molecule has 0 radical (unpaired) electrons. The Kier molecular flexibility index (Phi) is 2.55. The molecule has 0 fully saturated rings. The highest BCUT2D eigenvalue weighted by Gasteiger charge is 2.16.